The van der Waals surface area contributed by atoms with E-state index in [-0.39, 0.29) is 5.56 Å². The van der Waals surface area contributed by atoms with Crippen LogP contribution in [0.4, 0.5) is 0 Å². The third-order valence-corrected chi connectivity index (χ3v) is 4.14. The zero-order chi connectivity index (χ0) is 15.6. The fourth-order valence-corrected chi connectivity index (χ4v) is 2.40. The predicted octanol–water partition coefficient (Wildman–Crippen LogP) is 2.39. The Morgan fingerprint density at radius 2 is 2.00 bits per heavy atom. The van der Waals surface area contributed by atoms with Crippen molar-refractivity contribution in [3.05, 3.63) is 61.3 Å². The monoisotopic (exact) mass is 398 g/mol. The summed E-state index contributed by atoms with van der Waals surface area (Å²) in [7, 11) is 0. The number of hydrogen-bond donors (Lipinski definition) is 1. The molecule has 1 aromatic carbocycles. The number of carbonyl (C=O) groups is 1. The van der Waals surface area contributed by atoms with E-state index < -0.39 is 11.9 Å². The maximum absolute atomic E-state index is 12.1. The molecule has 2 rings (SSSR count). The second-order valence-corrected chi connectivity index (χ2v) is 6.01. The van der Waals surface area contributed by atoms with Crippen molar-refractivity contribution in [2.75, 3.05) is 0 Å². The van der Waals surface area contributed by atoms with Crippen molar-refractivity contribution < 1.29 is 9.90 Å². The molecule has 21 heavy (non-hydrogen) atoms. The van der Waals surface area contributed by atoms with E-state index in [4.69, 9.17) is 5.11 Å². The average molecular weight is 398 g/mol. The second kappa shape index (κ2) is 6.38. The van der Waals surface area contributed by atoms with Crippen LogP contribution in [-0.4, -0.2) is 20.6 Å². The van der Waals surface area contributed by atoms with Crippen LogP contribution in [0.3, 0.4) is 0 Å². The van der Waals surface area contributed by atoms with E-state index in [1.165, 1.54) is 0 Å². The van der Waals surface area contributed by atoms with Crippen molar-refractivity contribution >= 4 is 28.6 Å². The number of hydrogen-bond acceptors (Lipinski definition) is 3. The molecule has 110 valence electrons. The van der Waals surface area contributed by atoms with Gasteiger partial charge in [-0.2, -0.15) is 0 Å². The van der Waals surface area contributed by atoms with Crippen LogP contribution < -0.4 is 5.56 Å². The largest absolute Gasteiger partial charge is 0.481 e. The molecule has 0 aliphatic rings. The van der Waals surface area contributed by atoms with E-state index in [0.717, 1.165) is 11.1 Å². The Hall–Kier alpha value is -1.70. The van der Waals surface area contributed by atoms with Crippen molar-refractivity contribution in [1.82, 2.24) is 9.55 Å². The molecule has 0 spiro atoms. The van der Waals surface area contributed by atoms with Crippen molar-refractivity contribution in [3.63, 3.8) is 0 Å². The molecule has 0 aliphatic heterocycles. The number of carboxylic acid groups (broad SMARTS) is 1. The number of aryl methyl sites for hydroxylation is 1. The SMILES string of the molecule is Cc1ncc(I)c(=O)n1Cc1ccc(C(C)C(=O)O)cc1. The molecule has 1 unspecified atom stereocenters. The molecule has 0 bridgehead atoms. The number of aliphatic carboxylic acids is 1. The number of benzene rings is 1. The molecule has 0 aliphatic carbocycles. The first-order valence-corrected chi connectivity index (χ1v) is 7.51. The average Bonchev–Trinajstić information content (AvgIpc) is 2.47. The Bertz CT molecular complexity index is 723. The number of carboxylic acids is 1. The molecule has 5 nitrogen and oxygen atoms in total. The molecule has 0 saturated heterocycles. The lowest BCUT2D eigenvalue weighted by atomic mass is 10.00. The topological polar surface area (TPSA) is 72.2 Å². The number of nitrogens with zero attached hydrogens (tertiary/aromatic N) is 2. The van der Waals surface area contributed by atoms with Gasteiger partial charge in [0, 0.05) is 6.20 Å². The quantitative estimate of drug-likeness (QED) is 0.803. The Morgan fingerprint density at radius 3 is 2.57 bits per heavy atom. The summed E-state index contributed by atoms with van der Waals surface area (Å²) < 4.78 is 2.19. The Morgan fingerprint density at radius 1 is 1.38 bits per heavy atom. The molecular weight excluding hydrogens is 383 g/mol. The molecule has 0 radical (unpaired) electrons. The molecule has 1 aromatic heterocycles. The third-order valence-electron chi connectivity index (χ3n) is 3.40. The van der Waals surface area contributed by atoms with Crippen LogP contribution in [0.5, 0.6) is 0 Å². The lowest BCUT2D eigenvalue weighted by Gasteiger charge is -2.11. The number of aromatic nitrogens is 2. The van der Waals surface area contributed by atoms with Gasteiger partial charge in [0.05, 0.1) is 16.0 Å². The van der Waals surface area contributed by atoms with Crippen LogP contribution >= 0.6 is 22.6 Å². The Labute approximate surface area is 135 Å². The summed E-state index contributed by atoms with van der Waals surface area (Å²) in [6.45, 7) is 3.87. The highest BCUT2D eigenvalue weighted by Crippen LogP contribution is 2.16. The first kappa shape index (κ1) is 15.7. The van der Waals surface area contributed by atoms with E-state index in [2.05, 4.69) is 4.98 Å². The Balaban J connectivity index is 2.28. The first-order chi connectivity index (χ1) is 9.90. The molecule has 2 aromatic rings. The molecule has 0 fully saturated rings. The lowest BCUT2D eigenvalue weighted by molar-refractivity contribution is -0.138. The van der Waals surface area contributed by atoms with Crippen LogP contribution in [0.25, 0.3) is 0 Å². The number of rotatable bonds is 4. The summed E-state index contributed by atoms with van der Waals surface area (Å²) in [5, 5.41) is 8.99. The summed E-state index contributed by atoms with van der Waals surface area (Å²) in [4.78, 5) is 27.2. The van der Waals surface area contributed by atoms with Gasteiger partial charge in [0.2, 0.25) is 0 Å². The summed E-state index contributed by atoms with van der Waals surface area (Å²) >= 11 is 1.97. The Kier molecular flexibility index (Phi) is 4.76. The normalized spacial score (nSPS) is 12.1. The van der Waals surface area contributed by atoms with Gasteiger partial charge in [0.25, 0.3) is 5.56 Å². The standard InChI is InChI=1S/C15H15IN2O3/c1-9(15(20)21)12-5-3-11(4-6-12)8-18-10(2)17-7-13(16)14(18)19/h3-7,9H,8H2,1-2H3,(H,20,21). The maximum atomic E-state index is 12.1. The van der Waals surface area contributed by atoms with Crippen LogP contribution in [0, 0.1) is 10.5 Å². The first-order valence-electron chi connectivity index (χ1n) is 6.43. The predicted molar refractivity (Wildman–Crippen MR) is 87.5 cm³/mol. The van der Waals surface area contributed by atoms with Gasteiger partial charge in [-0.3, -0.25) is 14.2 Å². The summed E-state index contributed by atoms with van der Waals surface area (Å²) in [5.41, 5.74) is 1.62. The van der Waals surface area contributed by atoms with Gasteiger partial charge < -0.3 is 5.11 Å². The van der Waals surface area contributed by atoms with Crippen LogP contribution in [0.2, 0.25) is 0 Å². The van der Waals surface area contributed by atoms with Crippen LogP contribution in [0.15, 0.2) is 35.3 Å². The summed E-state index contributed by atoms with van der Waals surface area (Å²) in [5.74, 6) is -0.733. The lowest BCUT2D eigenvalue weighted by Crippen LogP contribution is -2.26. The molecule has 0 amide bonds. The minimum atomic E-state index is -0.850. The fraction of sp³-hybridized carbons (Fsp3) is 0.267. The highest BCUT2D eigenvalue weighted by molar-refractivity contribution is 14.1. The van der Waals surface area contributed by atoms with Crippen molar-refractivity contribution in [2.24, 2.45) is 0 Å². The smallest absolute Gasteiger partial charge is 0.310 e. The molecule has 1 heterocycles. The summed E-state index contributed by atoms with van der Waals surface area (Å²) in [6, 6.07) is 7.27. The van der Waals surface area contributed by atoms with E-state index in [9.17, 15) is 9.59 Å². The zero-order valence-corrected chi connectivity index (χ0v) is 13.9. The van der Waals surface area contributed by atoms with Gasteiger partial charge in [-0.1, -0.05) is 24.3 Å². The minimum absolute atomic E-state index is 0.0638. The van der Waals surface area contributed by atoms with E-state index in [0.29, 0.717) is 15.9 Å². The van der Waals surface area contributed by atoms with Gasteiger partial charge in [-0.25, -0.2) is 4.98 Å². The molecular formula is C15H15IN2O3. The van der Waals surface area contributed by atoms with Crippen LogP contribution in [-0.2, 0) is 11.3 Å². The highest BCUT2D eigenvalue weighted by atomic mass is 127. The van der Waals surface area contributed by atoms with Crippen molar-refractivity contribution in [1.29, 1.82) is 0 Å². The molecule has 1 atom stereocenters. The maximum Gasteiger partial charge on any atom is 0.310 e. The number of halogens is 1. The van der Waals surface area contributed by atoms with Crippen LogP contribution in [0.1, 0.15) is 29.8 Å². The second-order valence-electron chi connectivity index (χ2n) is 4.85. The fourth-order valence-electron chi connectivity index (χ4n) is 1.97. The van der Waals surface area contributed by atoms with Gasteiger partial charge >= 0.3 is 5.97 Å². The van der Waals surface area contributed by atoms with Crippen molar-refractivity contribution in [2.45, 2.75) is 26.3 Å². The van der Waals surface area contributed by atoms with Gasteiger partial charge in [-0.15, -0.1) is 0 Å². The molecule has 1 N–H and O–H groups in total. The van der Waals surface area contributed by atoms with E-state index in [1.54, 1.807) is 36.7 Å². The van der Waals surface area contributed by atoms with Gasteiger partial charge in [-0.05, 0) is 47.6 Å². The van der Waals surface area contributed by atoms with E-state index in [1.807, 2.05) is 34.7 Å². The van der Waals surface area contributed by atoms with Crippen molar-refractivity contribution in [3.8, 4) is 0 Å². The van der Waals surface area contributed by atoms with Gasteiger partial charge in [0.1, 0.15) is 5.82 Å². The van der Waals surface area contributed by atoms with E-state index >= 15 is 0 Å². The zero-order valence-electron chi connectivity index (χ0n) is 11.7. The minimum Gasteiger partial charge on any atom is -0.481 e. The third kappa shape index (κ3) is 3.49. The molecule has 0 saturated carbocycles. The highest BCUT2D eigenvalue weighted by Gasteiger charge is 2.13. The summed E-state index contributed by atoms with van der Waals surface area (Å²) in [6.07, 6.45) is 1.56. The molecule has 6 heteroatoms. The van der Waals surface area contributed by atoms with Gasteiger partial charge in [0.15, 0.2) is 0 Å².